The number of ether oxygens (including phenoxy) is 2. The Morgan fingerprint density at radius 3 is 1.29 bits per heavy atom. The van der Waals surface area contributed by atoms with Crippen molar-refractivity contribution in [3.8, 4) is 22.6 Å². The fourth-order valence-corrected chi connectivity index (χ4v) is 6.48. The van der Waals surface area contributed by atoms with E-state index in [2.05, 4.69) is 19.9 Å². The maximum absolute atomic E-state index is 15.2. The van der Waals surface area contributed by atoms with Crippen LogP contribution in [-0.2, 0) is 9.59 Å². The fraction of sp³-hybridized carbons (Fsp3) is 0.176. The summed E-state index contributed by atoms with van der Waals surface area (Å²) in [4.78, 5) is 39.1. The number of nitrogens with zero attached hydrogens (tertiary/aromatic N) is 2. The van der Waals surface area contributed by atoms with E-state index >= 15 is 35.1 Å². The predicted octanol–water partition coefficient (Wildman–Crippen LogP) is 7.49. The summed E-state index contributed by atoms with van der Waals surface area (Å²) in [5, 5.41) is 0.537. The maximum atomic E-state index is 15.2. The molecule has 22 heteroatoms. The second-order valence-electron chi connectivity index (χ2n) is 11.2. The van der Waals surface area contributed by atoms with Gasteiger partial charge in [0, 0.05) is 12.1 Å². The lowest BCUT2D eigenvalue weighted by atomic mass is 10.00. The van der Waals surface area contributed by atoms with E-state index in [1.165, 1.54) is 0 Å². The first-order valence-corrected chi connectivity index (χ1v) is 18.1. The number of aromatic nitrogens is 4. The Bertz CT molecular complexity index is 2260. The highest BCUT2D eigenvalue weighted by atomic mass is 32.2. The number of H-pyrrole nitrogens is 2. The third-order valence-electron chi connectivity index (χ3n) is 7.60. The smallest absolute Gasteiger partial charge is 0.248 e. The highest BCUT2D eigenvalue weighted by Gasteiger charge is 2.34. The van der Waals surface area contributed by atoms with Gasteiger partial charge in [0.05, 0.1) is 57.9 Å². The van der Waals surface area contributed by atoms with E-state index in [1.54, 1.807) is 61.1 Å². The Balaban J connectivity index is 1.11. The van der Waals surface area contributed by atoms with Gasteiger partial charge in [0.25, 0.3) is 0 Å². The monoisotopic (exact) mass is 826 g/mol. The van der Waals surface area contributed by atoms with E-state index in [9.17, 15) is 9.59 Å². The largest absolute Gasteiger partial charge is 0.494 e. The van der Waals surface area contributed by atoms with Crippen molar-refractivity contribution >= 4 is 68.8 Å². The van der Waals surface area contributed by atoms with E-state index in [1.807, 2.05) is 10.9 Å². The molecule has 0 aliphatic heterocycles. The van der Waals surface area contributed by atoms with Crippen molar-refractivity contribution in [1.29, 1.82) is 0 Å². The van der Waals surface area contributed by atoms with Gasteiger partial charge in [-0.3, -0.25) is 31.3 Å². The summed E-state index contributed by atoms with van der Waals surface area (Å²) in [6.07, 6.45) is 0. The van der Waals surface area contributed by atoms with Gasteiger partial charge in [0.15, 0.2) is 56.9 Å². The van der Waals surface area contributed by atoms with Crippen molar-refractivity contribution < 1.29 is 54.2 Å². The number of carbonyl (C=O) groups is 2. The van der Waals surface area contributed by atoms with Crippen LogP contribution in [0.2, 0.25) is 0 Å². The molecule has 56 heavy (non-hydrogen) atoms. The molecule has 0 aliphatic rings. The number of imidazole rings is 2. The normalized spacial score (nSPS) is 11.2. The molecule has 6 aromatic rings. The van der Waals surface area contributed by atoms with E-state index in [0.717, 1.165) is 23.5 Å². The third-order valence-corrected chi connectivity index (χ3v) is 9.34. The second kappa shape index (κ2) is 16.9. The molecular formula is C34H26F8N8O4S2. The lowest BCUT2D eigenvalue weighted by Crippen LogP contribution is -2.32. The van der Waals surface area contributed by atoms with Crippen LogP contribution in [0.4, 0.5) is 46.5 Å². The maximum Gasteiger partial charge on any atom is 0.248 e. The molecule has 0 aliphatic carbocycles. The zero-order valence-corrected chi connectivity index (χ0v) is 30.3. The summed E-state index contributed by atoms with van der Waals surface area (Å²) < 4.78 is 132. The van der Waals surface area contributed by atoms with Crippen LogP contribution in [-0.4, -0.2) is 56.5 Å². The molecule has 0 spiro atoms. The Hall–Kier alpha value is -5.90. The number of halogens is 8. The van der Waals surface area contributed by atoms with Gasteiger partial charge in [0.1, 0.15) is 22.9 Å². The Morgan fingerprint density at radius 2 is 0.946 bits per heavy atom. The molecule has 0 saturated carbocycles. The first kappa shape index (κ1) is 39.8. The molecule has 2 amide bonds. The number of rotatable bonds is 15. The highest BCUT2D eigenvalue weighted by Crippen LogP contribution is 2.40. The number of aromatic amines is 2. The molecule has 0 fully saturated rings. The van der Waals surface area contributed by atoms with Crippen LogP contribution in [0.15, 0.2) is 46.7 Å². The predicted molar refractivity (Wildman–Crippen MR) is 191 cm³/mol. The summed E-state index contributed by atoms with van der Waals surface area (Å²) in [6, 6.07) is 10.0. The van der Waals surface area contributed by atoms with Gasteiger partial charge >= 0.3 is 0 Å². The minimum atomic E-state index is -2.47. The van der Waals surface area contributed by atoms with Gasteiger partial charge in [-0.2, -0.15) is 0 Å². The number of fused-ring (bicyclic) bond motifs is 2. The average Bonchev–Trinajstić information content (AvgIpc) is 3.79. The first-order chi connectivity index (χ1) is 26.8. The quantitative estimate of drug-likeness (QED) is 0.0265. The lowest BCUT2D eigenvalue weighted by Gasteiger charge is -2.17. The van der Waals surface area contributed by atoms with Crippen LogP contribution in [0.25, 0.3) is 33.2 Å². The van der Waals surface area contributed by atoms with Crippen molar-refractivity contribution in [2.45, 2.75) is 24.2 Å². The topological polar surface area (TPSA) is 158 Å². The van der Waals surface area contributed by atoms with E-state index in [-0.39, 0.29) is 10.3 Å². The van der Waals surface area contributed by atoms with Crippen LogP contribution in [0.5, 0.6) is 11.5 Å². The van der Waals surface area contributed by atoms with E-state index < -0.39 is 92.4 Å². The van der Waals surface area contributed by atoms with Gasteiger partial charge in [-0.15, -0.1) is 0 Å². The molecule has 6 N–H and O–H groups in total. The first-order valence-electron chi connectivity index (χ1n) is 16.1. The van der Waals surface area contributed by atoms with Crippen molar-refractivity contribution in [2.75, 3.05) is 35.6 Å². The van der Waals surface area contributed by atoms with E-state index in [4.69, 9.17) is 9.47 Å². The van der Waals surface area contributed by atoms with Gasteiger partial charge in [0.2, 0.25) is 11.8 Å². The summed E-state index contributed by atoms with van der Waals surface area (Å²) in [5.74, 6) is -20.7. The van der Waals surface area contributed by atoms with Gasteiger partial charge < -0.3 is 19.4 Å². The van der Waals surface area contributed by atoms with Gasteiger partial charge in [-0.1, -0.05) is 23.5 Å². The van der Waals surface area contributed by atoms with Gasteiger partial charge in [-0.05, 0) is 38.1 Å². The minimum Gasteiger partial charge on any atom is -0.494 e. The molecule has 6 rings (SSSR count). The lowest BCUT2D eigenvalue weighted by molar-refractivity contribution is -0.118. The molecule has 0 atom stereocenters. The molecule has 294 valence electrons. The summed E-state index contributed by atoms with van der Waals surface area (Å²) in [7, 11) is 0. The van der Waals surface area contributed by atoms with Crippen LogP contribution < -0.4 is 31.2 Å². The number of benzene rings is 4. The number of hydrogen-bond donors (Lipinski definition) is 6. The molecule has 0 bridgehead atoms. The number of hydrazine groups is 2. The van der Waals surface area contributed by atoms with E-state index in [0.29, 0.717) is 46.8 Å². The number of nitrogens with one attached hydrogen (secondary N) is 6. The summed E-state index contributed by atoms with van der Waals surface area (Å²) in [5.41, 5.74) is 1.67. The molecule has 0 radical (unpaired) electrons. The van der Waals surface area contributed by atoms with Crippen LogP contribution in [0.1, 0.15) is 13.8 Å². The van der Waals surface area contributed by atoms with Crippen LogP contribution in [0, 0.1) is 46.5 Å². The highest BCUT2D eigenvalue weighted by molar-refractivity contribution is 8.00. The Kier molecular flexibility index (Phi) is 12.0. The van der Waals surface area contributed by atoms with Crippen molar-refractivity contribution in [3.63, 3.8) is 0 Å². The van der Waals surface area contributed by atoms with Crippen LogP contribution in [0.3, 0.4) is 0 Å². The third kappa shape index (κ3) is 8.20. The van der Waals surface area contributed by atoms with Crippen LogP contribution >= 0.6 is 23.5 Å². The number of amides is 2. The zero-order valence-electron chi connectivity index (χ0n) is 28.7. The average molecular weight is 827 g/mol. The number of anilines is 2. The fourth-order valence-electron chi connectivity index (χ4n) is 5.11. The Labute approximate surface area is 318 Å². The molecular weight excluding hydrogens is 801 g/mol. The van der Waals surface area contributed by atoms with Gasteiger partial charge in [-0.25, -0.2) is 45.1 Å². The molecule has 12 nitrogen and oxygen atoms in total. The van der Waals surface area contributed by atoms with Crippen molar-refractivity contribution in [3.05, 3.63) is 82.9 Å². The molecule has 4 aromatic carbocycles. The number of thioether (sulfide) groups is 2. The molecule has 2 aromatic heterocycles. The number of carbonyl (C=O) groups excluding carboxylic acids is 2. The minimum absolute atomic E-state index is 0.268. The second-order valence-corrected chi connectivity index (χ2v) is 13.2. The summed E-state index contributed by atoms with van der Waals surface area (Å²) >= 11 is 1.70. The zero-order chi connectivity index (χ0) is 40.3. The number of hydrogen-bond acceptors (Lipinski definition) is 10. The standard InChI is InChI=1S/C34H26F8N8O4S2/c1-3-53-13-5-7-15-17(9-13)45-33(43-15)55-11-19(51)47-49-31-27(39)23(35)21(24(36)28(31)40)22-25(37)29(41)32(30(42)26(22)38)50-48-20(52)12-56-34-44-16-8-6-14(54-4-2)10-18(16)46-34/h5-10,49-50H,3-4,11-12H2,1-2H3,(H,43,45)(H,44,46)(H,47,51)(H,48,52). The SMILES string of the molecule is CCOc1ccc2nc(SCC(=O)NNc3c(F)c(F)c(-c4c(F)c(F)c(NNC(=O)CSc5nc6ccc(OCC)cc6[nH]5)c(F)c4F)c(F)c3F)[nH]c2c1. The Morgan fingerprint density at radius 1 is 0.589 bits per heavy atom. The molecule has 0 unspecified atom stereocenters. The van der Waals surface area contributed by atoms with Crippen molar-refractivity contribution in [1.82, 2.24) is 30.8 Å². The summed E-state index contributed by atoms with van der Waals surface area (Å²) in [6.45, 7) is 4.45. The molecule has 0 saturated heterocycles. The van der Waals surface area contributed by atoms with Crippen molar-refractivity contribution in [2.24, 2.45) is 0 Å². The molecule has 2 heterocycles.